The molecule has 12 nitrogen and oxygen atoms in total. The normalized spacial score (nSPS) is 20.2. The van der Waals surface area contributed by atoms with E-state index >= 15 is 0 Å². The highest BCUT2D eigenvalue weighted by molar-refractivity contribution is 7.13. The molecule has 0 spiro atoms. The van der Waals surface area contributed by atoms with E-state index < -0.39 is 23.7 Å². The molecule has 2 fully saturated rings. The number of aldehydes is 1. The monoisotopic (exact) mass is 694 g/mol. The smallest absolute Gasteiger partial charge is 0.410 e. The van der Waals surface area contributed by atoms with Crippen molar-refractivity contribution in [2.45, 2.75) is 90.0 Å². The number of hydrogen-bond donors (Lipinski definition) is 2. The van der Waals surface area contributed by atoms with Crippen LogP contribution in [0.2, 0.25) is 0 Å². The van der Waals surface area contributed by atoms with Gasteiger partial charge in [0.2, 0.25) is 5.91 Å². The third-order valence-corrected chi connectivity index (χ3v) is 10.5. The number of carbonyl (C=O) groups is 3. The number of β-amino-alcohol motifs (C(OH)–C–C–N with tert-alkyl or cyclic N) is 1. The molecule has 2 aromatic heterocycles. The molecule has 1 aromatic carbocycles. The molecule has 2 aliphatic heterocycles. The number of piperidine rings is 1. The van der Waals surface area contributed by atoms with Crippen LogP contribution in [0, 0.1) is 12.8 Å². The molecule has 0 saturated carbocycles. The van der Waals surface area contributed by atoms with E-state index in [1.807, 2.05) is 63.0 Å². The highest BCUT2D eigenvalue weighted by atomic mass is 32.1. The van der Waals surface area contributed by atoms with Gasteiger partial charge in [-0.2, -0.15) is 0 Å². The van der Waals surface area contributed by atoms with Crippen molar-refractivity contribution >= 4 is 35.4 Å². The van der Waals surface area contributed by atoms with Gasteiger partial charge in [-0.25, -0.2) is 9.78 Å². The zero-order valence-corrected chi connectivity index (χ0v) is 30.2. The molecule has 0 bridgehead atoms. The van der Waals surface area contributed by atoms with Gasteiger partial charge in [0.05, 0.1) is 34.1 Å². The molecule has 0 radical (unpaired) electrons. The highest BCUT2D eigenvalue weighted by Gasteiger charge is 2.38. The minimum Gasteiger partial charge on any atom is -0.444 e. The number of ether oxygens (including phenoxy) is 1. The SMILES string of the molecule is Cc1ncsc1-c1ccc(CCNC(=O)[C@@H]2C[C@@H](O)CN2C[C@@H](C)[C@H](C=O)c2cc(N(C)C3CCN(C(=O)OC(C)(C)C)CC3)no2)cc1. The molecular formula is C36H50N6O6S. The van der Waals surface area contributed by atoms with Crippen LogP contribution in [0.4, 0.5) is 10.6 Å². The van der Waals surface area contributed by atoms with Crippen molar-refractivity contribution in [2.75, 3.05) is 44.7 Å². The van der Waals surface area contributed by atoms with Crippen LogP contribution in [0.3, 0.4) is 0 Å². The van der Waals surface area contributed by atoms with Crippen LogP contribution in [0.5, 0.6) is 0 Å². The molecule has 2 saturated heterocycles. The standard InChI is InChI=1S/C36H50N6O6S/c1-23(29(21-43)31-18-32(39-48-31)40(6)27-12-15-41(16-13-27)35(46)47-36(3,4)5)19-42-20-28(44)17-30(42)34(45)37-14-11-25-7-9-26(10-8-25)33-24(2)38-22-49-33/h7-10,18,21-23,27-30,44H,11-17,19-20H2,1-6H3,(H,37,45)/t23-,28-,29+,30+/m1/s1. The summed E-state index contributed by atoms with van der Waals surface area (Å²) in [7, 11) is 1.95. The molecule has 2 amide bonds. The second kappa shape index (κ2) is 15.8. The van der Waals surface area contributed by atoms with Crippen LogP contribution in [-0.2, 0) is 20.7 Å². The Hall–Kier alpha value is -3.81. The summed E-state index contributed by atoms with van der Waals surface area (Å²) in [5.41, 5.74) is 4.60. The van der Waals surface area contributed by atoms with E-state index in [2.05, 4.69) is 39.7 Å². The molecule has 3 aromatic rings. The van der Waals surface area contributed by atoms with Crippen molar-refractivity contribution in [3.63, 3.8) is 0 Å². The van der Waals surface area contributed by atoms with Gasteiger partial charge in [-0.3, -0.25) is 9.69 Å². The molecule has 49 heavy (non-hydrogen) atoms. The molecule has 5 rings (SSSR count). The van der Waals surface area contributed by atoms with Crippen molar-refractivity contribution in [3.8, 4) is 10.4 Å². The van der Waals surface area contributed by atoms with Gasteiger partial charge in [0.1, 0.15) is 17.6 Å². The number of carbonyl (C=O) groups excluding carboxylic acids is 3. The summed E-state index contributed by atoms with van der Waals surface area (Å²) in [5, 5.41) is 17.8. The summed E-state index contributed by atoms with van der Waals surface area (Å²) in [6.07, 6.45) is 2.51. The molecule has 4 heterocycles. The molecule has 2 aliphatic rings. The largest absolute Gasteiger partial charge is 0.444 e. The van der Waals surface area contributed by atoms with Crippen LogP contribution < -0.4 is 10.2 Å². The van der Waals surface area contributed by atoms with Crippen LogP contribution in [0.15, 0.2) is 40.4 Å². The Morgan fingerprint density at radius 3 is 2.57 bits per heavy atom. The lowest BCUT2D eigenvalue weighted by molar-refractivity contribution is -0.125. The predicted octanol–water partition coefficient (Wildman–Crippen LogP) is 4.65. The number of aliphatic hydroxyl groups is 1. The first-order valence-corrected chi connectivity index (χ1v) is 18.0. The Kier molecular flexibility index (Phi) is 11.8. The van der Waals surface area contributed by atoms with E-state index in [9.17, 15) is 19.5 Å². The number of likely N-dealkylation sites (tertiary alicyclic amines) is 2. The third-order valence-electron chi connectivity index (χ3n) is 9.51. The number of nitrogens with zero attached hydrogens (tertiary/aromatic N) is 5. The second-order valence-corrected chi connectivity index (χ2v) is 15.3. The van der Waals surface area contributed by atoms with Gasteiger partial charge >= 0.3 is 6.09 Å². The van der Waals surface area contributed by atoms with Gasteiger partial charge in [-0.15, -0.1) is 11.3 Å². The number of anilines is 1. The Morgan fingerprint density at radius 2 is 1.94 bits per heavy atom. The van der Waals surface area contributed by atoms with E-state index in [1.54, 1.807) is 16.2 Å². The topological polar surface area (TPSA) is 141 Å². The average Bonchev–Trinajstić information content (AvgIpc) is 3.81. The summed E-state index contributed by atoms with van der Waals surface area (Å²) >= 11 is 1.62. The van der Waals surface area contributed by atoms with Crippen LogP contribution in [-0.4, -0.2) is 107 Å². The number of thiazole rings is 1. The first-order valence-electron chi connectivity index (χ1n) is 17.1. The molecular weight excluding hydrogens is 644 g/mol. The zero-order valence-electron chi connectivity index (χ0n) is 29.4. The lowest BCUT2D eigenvalue weighted by Gasteiger charge is -2.37. The summed E-state index contributed by atoms with van der Waals surface area (Å²) in [4.78, 5) is 49.3. The number of amides is 2. The van der Waals surface area contributed by atoms with Crippen molar-refractivity contribution < 1.29 is 28.8 Å². The fourth-order valence-electron chi connectivity index (χ4n) is 6.72. The van der Waals surface area contributed by atoms with Crippen molar-refractivity contribution in [1.82, 2.24) is 25.3 Å². The third kappa shape index (κ3) is 9.25. The zero-order chi connectivity index (χ0) is 35.3. The van der Waals surface area contributed by atoms with Crippen LogP contribution >= 0.6 is 11.3 Å². The fourth-order valence-corrected chi connectivity index (χ4v) is 7.53. The number of aryl methyl sites for hydroxylation is 1. The number of benzene rings is 1. The lowest BCUT2D eigenvalue weighted by atomic mass is 9.92. The summed E-state index contributed by atoms with van der Waals surface area (Å²) in [5.74, 6) is 0.216. The van der Waals surface area contributed by atoms with Gasteiger partial charge in [0.25, 0.3) is 0 Å². The number of nitrogens with one attached hydrogen (secondary N) is 1. The van der Waals surface area contributed by atoms with E-state index in [0.717, 1.165) is 40.8 Å². The second-order valence-electron chi connectivity index (χ2n) is 14.4. The van der Waals surface area contributed by atoms with E-state index in [-0.39, 0.29) is 24.0 Å². The quantitative estimate of drug-likeness (QED) is 0.257. The number of hydrogen-bond acceptors (Lipinski definition) is 11. The molecule has 0 unspecified atom stereocenters. The first-order chi connectivity index (χ1) is 23.3. The average molecular weight is 695 g/mol. The molecule has 0 aliphatic carbocycles. The molecule has 2 N–H and O–H groups in total. The Labute approximate surface area is 292 Å². The van der Waals surface area contributed by atoms with Crippen LogP contribution in [0.25, 0.3) is 10.4 Å². The lowest BCUT2D eigenvalue weighted by Crippen LogP contribution is -2.47. The molecule has 13 heteroatoms. The molecule has 4 atom stereocenters. The Bertz CT molecular complexity index is 1560. The number of aromatic nitrogens is 2. The Balaban J connectivity index is 1.11. The number of rotatable bonds is 12. The van der Waals surface area contributed by atoms with Crippen LogP contribution in [0.1, 0.15) is 69.9 Å². The maximum atomic E-state index is 13.3. The fraction of sp³-hybridized carbons (Fsp3) is 0.583. The highest BCUT2D eigenvalue weighted by Crippen LogP contribution is 2.31. The van der Waals surface area contributed by atoms with Gasteiger partial charge in [0.15, 0.2) is 5.82 Å². The summed E-state index contributed by atoms with van der Waals surface area (Å²) in [6, 6.07) is 9.81. The van der Waals surface area contributed by atoms with E-state index in [4.69, 9.17) is 9.26 Å². The van der Waals surface area contributed by atoms with E-state index in [0.29, 0.717) is 57.1 Å². The summed E-state index contributed by atoms with van der Waals surface area (Å²) < 4.78 is 11.2. The van der Waals surface area contributed by atoms with E-state index in [1.165, 1.54) is 0 Å². The van der Waals surface area contributed by atoms with Gasteiger partial charge in [-0.05, 0) is 70.4 Å². The first kappa shape index (κ1) is 36.5. The number of aliphatic hydroxyl groups excluding tert-OH is 1. The maximum absolute atomic E-state index is 13.3. The minimum atomic E-state index is -0.618. The summed E-state index contributed by atoms with van der Waals surface area (Å²) in [6.45, 7) is 12.0. The predicted molar refractivity (Wildman–Crippen MR) is 189 cm³/mol. The minimum absolute atomic E-state index is 0.121. The maximum Gasteiger partial charge on any atom is 0.410 e. The van der Waals surface area contributed by atoms with Gasteiger partial charge in [0, 0.05) is 51.9 Å². The van der Waals surface area contributed by atoms with Crippen molar-refractivity contribution in [1.29, 1.82) is 0 Å². The van der Waals surface area contributed by atoms with Gasteiger partial charge < -0.3 is 34.3 Å². The van der Waals surface area contributed by atoms with Crippen molar-refractivity contribution in [3.05, 3.63) is 52.9 Å². The molecule has 266 valence electrons. The van der Waals surface area contributed by atoms with Gasteiger partial charge in [-0.1, -0.05) is 36.3 Å². The Morgan fingerprint density at radius 1 is 1.22 bits per heavy atom. The van der Waals surface area contributed by atoms with Crippen molar-refractivity contribution in [2.24, 2.45) is 5.92 Å².